The summed E-state index contributed by atoms with van der Waals surface area (Å²) in [5.41, 5.74) is 1.63. The van der Waals surface area contributed by atoms with E-state index in [0.29, 0.717) is 12.2 Å². The van der Waals surface area contributed by atoms with Gasteiger partial charge >= 0.3 is 5.97 Å². The van der Waals surface area contributed by atoms with Gasteiger partial charge in [-0.3, -0.25) is 4.68 Å². The molecule has 0 spiro atoms. The van der Waals surface area contributed by atoms with Crippen LogP contribution < -0.4 is 0 Å². The first kappa shape index (κ1) is 12.4. The van der Waals surface area contributed by atoms with E-state index >= 15 is 0 Å². The van der Waals surface area contributed by atoms with Crippen LogP contribution in [0.15, 0.2) is 42.7 Å². The van der Waals surface area contributed by atoms with Crippen molar-refractivity contribution in [3.63, 3.8) is 0 Å². The van der Waals surface area contributed by atoms with Crippen LogP contribution in [0.25, 0.3) is 0 Å². The van der Waals surface area contributed by atoms with Gasteiger partial charge in [-0.15, -0.1) is 0 Å². The highest BCUT2D eigenvalue weighted by Crippen LogP contribution is 2.17. The number of carbonyl (C=O) groups excluding carboxylic acids is 1. The lowest BCUT2D eigenvalue weighted by Gasteiger charge is -2.11. The van der Waals surface area contributed by atoms with Gasteiger partial charge in [0.15, 0.2) is 0 Å². The minimum atomic E-state index is -0.330. The first-order valence-corrected chi connectivity index (χ1v) is 5.98. The normalized spacial score (nSPS) is 12.1. The molecule has 1 aromatic heterocycles. The number of benzene rings is 1. The van der Waals surface area contributed by atoms with Crippen molar-refractivity contribution < 1.29 is 9.53 Å². The van der Waals surface area contributed by atoms with Gasteiger partial charge in [0.2, 0.25) is 0 Å². The zero-order chi connectivity index (χ0) is 13.0. The fourth-order valence-corrected chi connectivity index (χ4v) is 1.75. The second-order valence-corrected chi connectivity index (χ2v) is 4.02. The third-order valence-electron chi connectivity index (χ3n) is 2.79. The Labute approximate surface area is 106 Å². The molecule has 0 aliphatic carbocycles. The molecule has 1 atom stereocenters. The average molecular weight is 244 g/mol. The van der Waals surface area contributed by atoms with E-state index in [-0.39, 0.29) is 12.0 Å². The molecule has 0 N–H and O–H groups in total. The third-order valence-corrected chi connectivity index (χ3v) is 2.79. The zero-order valence-electron chi connectivity index (χ0n) is 10.5. The maximum Gasteiger partial charge on any atom is 0.341 e. The molecule has 18 heavy (non-hydrogen) atoms. The van der Waals surface area contributed by atoms with Crippen molar-refractivity contribution in [3.8, 4) is 0 Å². The van der Waals surface area contributed by atoms with Crippen molar-refractivity contribution in [3.05, 3.63) is 53.9 Å². The monoisotopic (exact) mass is 244 g/mol. The van der Waals surface area contributed by atoms with Gasteiger partial charge in [-0.1, -0.05) is 30.3 Å². The molecule has 4 nitrogen and oxygen atoms in total. The minimum Gasteiger partial charge on any atom is -0.462 e. The molecule has 0 amide bonds. The van der Waals surface area contributed by atoms with E-state index in [0.717, 1.165) is 5.56 Å². The van der Waals surface area contributed by atoms with Gasteiger partial charge < -0.3 is 4.74 Å². The highest BCUT2D eigenvalue weighted by molar-refractivity contribution is 5.88. The second kappa shape index (κ2) is 5.49. The average Bonchev–Trinajstić information content (AvgIpc) is 2.89. The lowest BCUT2D eigenvalue weighted by atomic mass is 10.1. The number of carbonyl (C=O) groups is 1. The second-order valence-electron chi connectivity index (χ2n) is 4.02. The molecule has 0 fully saturated rings. The van der Waals surface area contributed by atoms with Crippen LogP contribution in [-0.2, 0) is 4.74 Å². The molecule has 0 aliphatic heterocycles. The largest absolute Gasteiger partial charge is 0.462 e. The van der Waals surface area contributed by atoms with Crippen LogP contribution in [0, 0.1) is 0 Å². The molecule has 1 heterocycles. The summed E-state index contributed by atoms with van der Waals surface area (Å²) in [7, 11) is 0. The summed E-state index contributed by atoms with van der Waals surface area (Å²) in [5.74, 6) is -0.330. The fourth-order valence-electron chi connectivity index (χ4n) is 1.75. The molecule has 2 aromatic rings. The molecule has 0 bridgehead atoms. The molecular weight excluding hydrogens is 228 g/mol. The van der Waals surface area contributed by atoms with Crippen molar-refractivity contribution in [2.45, 2.75) is 19.9 Å². The smallest absolute Gasteiger partial charge is 0.341 e. The van der Waals surface area contributed by atoms with Crippen molar-refractivity contribution in [1.29, 1.82) is 0 Å². The Balaban J connectivity index is 2.17. The molecule has 0 saturated heterocycles. The molecule has 4 heteroatoms. The van der Waals surface area contributed by atoms with Crippen molar-refractivity contribution in [2.24, 2.45) is 0 Å². The van der Waals surface area contributed by atoms with E-state index in [1.807, 2.05) is 37.3 Å². The topological polar surface area (TPSA) is 44.1 Å². The first-order chi connectivity index (χ1) is 8.72. The standard InChI is InChI=1S/C14H16N2O2/c1-3-18-14(17)13-9-15-16(10-13)11(2)12-7-5-4-6-8-12/h4-11H,3H2,1-2H3/t11-/m1/s1. The summed E-state index contributed by atoms with van der Waals surface area (Å²) in [6, 6.07) is 10.1. The summed E-state index contributed by atoms with van der Waals surface area (Å²) >= 11 is 0. The van der Waals surface area contributed by atoms with E-state index < -0.39 is 0 Å². The third kappa shape index (κ3) is 2.59. The van der Waals surface area contributed by atoms with Crippen LogP contribution in [0.1, 0.15) is 35.8 Å². The highest BCUT2D eigenvalue weighted by atomic mass is 16.5. The lowest BCUT2D eigenvalue weighted by molar-refractivity contribution is 0.0526. The Morgan fingerprint density at radius 1 is 1.39 bits per heavy atom. The predicted octanol–water partition coefficient (Wildman–Crippen LogP) is 2.67. The van der Waals surface area contributed by atoms with Gasteiger partial charge in [0, 0.05) is 6.20 Å². The number of rotatable bonds is 4. The van der Waals surface area contributed by atoms with Crippen molar-refractivity contribution >= 4 is 5.97 Å². The van der Waals surface area contributed by atoms with E-state index in [9.17, 15) is 4.79 Å². The van der Waals surface area contributed by atoms with Gasteiger partial charge in [-0.2, -0.15) is 5.10 Å². The number of hydrogen-bond donors (Lipinski definition) is 0. The van der Waals surface area contributed by atoms with E-state index in [4.69, 9.17) is 4.74 Å². The Bertz CT molecular complexity index is 520. The van der Waals surface area contributed by atoms with Gasteiger partial charge in [0.25, 0.3) is 0 Å². The first-order valence-electron chi connectivity index (χ1n) is 5.98. The van der Waals surface area contributed by atoms with Crippen molar-refractivity contribution in [2.75, 3.05) is 6.61 Å². The molecular formula is C14H16N2O2. The zero-order valence-corrected chi connectivity index (χ0v) is 10.5. The minimum absolute atomic E-state index is 0.0920. The summed E-state index contributed by atoms with van der Waals surface area (Å²) in [4.78, 5) is 11.5. The summed E-state index contributed by atoms with van der Waals surface area (Å²) < 4.78 is 6.70. The Morgan fingerprint density at radius 2 is 2.11 bits per heavy atom. The lowest BCUT2D eigenvalue weighted by Crippen LogP contribution is -2.07. The van der Waals surface area contributed by atoms with Crippen LogP contribution >= 0.6 is 0 Å². The SMILES string of the molecule is CCOC(=O)c1cnn([C@H](C)c2ccccc2)c1. The van der Waals surface area contributed by atoms with Gasteiger partial charge in [0.1, 0.15) is 0 Å². The van der Waals surface area contributed by atoms with E-state index in [2.05, 4.69) is 5.10 Å². The molecule has 0 saturated carbocycles. The predicted molar refractivity (Wildman–Crippen MR) is 68.4 cm³/mol. The number of ether oxygens (including phenoxy) is 1. The quantitative estimate of drug-likeness (QED) is 0.777. The Hall–Kier alpha value is -2.10. The molecule has 0 radical (unpaired) electrons. The van der Waals surface area contributed by atoms with Crippen LogP contribution in [0.5, 0.6) is 0 Å². The Morgan fingerprint density at radius 3 is 2.78 bits per heavy atom. The summed E-state index contributed by atoms with van der Waals surface area (Å²) in [6.45, 7) is 4.20. The van der Waals surface area contributed by atoms with Crippen LogP contribution in [0.3, 0.4) is 0 Å². The van der Waals surface area contributed by atoms with E-state index in [1.54, 1.807) is 17.8 Å². The highest BCUT2D eigenvalue weighted by Gasteiger charge is 2.13. The molecule has 0 unspecified atom stereocenters. The number of hydrogen-bond acceptors (Lipinski definition) is 3. The summed E-state index contributed by atoms with van der Waals surface area (Å²) in [5, 5.41) is 4.21. The number of esters is 1. The van der Waals surface area contributed by atoms with Gasteiger partial charge in [-0.05, 0) is 19.4 Å². The maximum atomic E-state index is 11.5. The van der Waals surface area contributed by atoms with Gasteiger partial charge in [-0.25, -0.2) is 4.79 Å². The molecule has 1 aromatic carbocycles. The summed E-state index contributed by atoms with van der Waals surface area (Å²) in [6.07, 6.45) is 3.26. The number of nitrogens with zero attached hydrogens (tertiary/aromatic N) is 2. The van der Waals surface area contributed by atoms with Gasteiger partial charge in [0.05, 0.1) is 24.4 Å². The van der Waals surface area contributed by atoms with Crippen LogP contribution in [0.4, 0.5) is 0 Å². The molecule has 94 valence electrons. The van der Waals surface area contributed by atoms with Crippen molar-refractivity contribution in [1.82, 2.24) is 9.78 Å². The Kier molecular flexibility index (Phi) is 3.77. The van der Waals surface area contributed by atoms with Crippen LogP contribution in [-0.4, -0.2) is 22.4 Å². The maximum absolute atomic E-state index is 11.5. The van der Waals surface area contributed by atoms with E-state index in [1.165, 1.54) is 6.20 Å². The van der Waals surface area contributed by atoms with Crippen LogP contribution in [0.2, 0.25) is 0 Å². The molecule has 0 aliphatic rings. The molecule has 2 rings (SSSR count). The number of aromatic nitrogens is 2. The fraction of sp³-hybridized carbons (Fsp3) is 0.286.